The summed E-state index contributed by atoms with van der Waals surface area (Å²) < 4.78 is 33.2. The van der Waals surface area contributed by atoms with Gasteiger partial charge in [0.25, 0.3) is 5.91 Å². The number of unbranched alkanes of at least 4 members (excludes halogenated alkanes) is 1. The fourth-order valence-corrected chi connectivity index (χ4v) is 5.92. The molecule has 176 valence electrons. The largest absolute Gasteiger partial charge is 0.492 e. The highest BCUT2D eigenvalue weighted by atomic mass is 35.5. The summed E-state index contributed by atoms with van der Waals surface area (Å²) in [7, 11) is -3.84. The number of benzene rings is 2. The molecular formula is C25H23ClN2O4S2. The normalized spacial score (nSPS) is 11.5. The number of aromatic nitrogens is 1. The van der Waals surface area contributed by atoms with Crippen LogP contribution in [0.1, 0.15) is 35.0 Å². The maximum absolute atomic E-state index is 13.3. The first kappa shape index (κ1) is 24.2. The van der Waals surface area contributed by atoms with Crippen LogP contribution in [-0.4, -0.2) is 25.9 Å². The van der Waals surface area contributed by atoms with Crippen LogP contribution in [0.5, 0.6) is 5.75 Å². The molecule has 0 radical (unpaired) electrons. The quantitative estimate of drug-likeness (QED) is 0.281. The molecule has 0 aliphatic carbocycles. The Morgan fingerprint density at radius 2 is 1.91 bits per heavy atom. The summed E-state index contributed by atoms with van der Waals surface area (Å²) in [5.74, 6) is 0.0958. The maximum atomic E-state index is 13.3. The van der Waals surface area contributed by atoms with Gasteiger partial charge in [0.1, 0.15) is 10.6 Å². The lowest BCUT2D eigenvalue weighted by molar-refractivity contribution is 0.0955. The maximum Gasteiger partial charge on any atom is 0.261 e. The zero-order chi connectivity index (χ0) is 24.1. The average Bonchev–Trinajstić information content (AvgIpc) is 3.28. The molecule has 2 heterocycles. The first-order chi connectivity index (χ1) is 16.4. The third kappa shape index (κ3) is 5.41. The van der Waals surface area contributed by atoms with Crippen LogP contribution in [0.15, 0.2) is 76.8 Å². The number of thiophene rings is 1. The van der Waals surface area contributed by atoms with Gasteiger partial charge in [0.2, 0.25) is 9.84 Å². The lowest BCUT2D eigenvalue weighted by atomic mass is 10.2. The van der Waals surface area contributed by atoms with E-state index in [9.17, 15) is 13.2 Å². The Hall–Kier alpha value is -2.94. The predicted octanol–water partition coefficient (Wildman–Crippen LogP) is 5.89. The molecule has 0 fully saturated rings. The highest BCUT2D eigenvalue weighted by molar-refractivity contribution is 7.91. The zero-order valence-electron chi connectivity index (χ0n) is 18.5. The number of hydrogen-bond acceptors (Lipinski definition) is 6. The van der Waals surface area contributed by atoms with Gasteiger partial charge in [0.15, 0.2) is 0 Å². The van der Waals surface area contributed by atoms with Crippen LogP contribution in [0.3, 0.4) is 0 Å². The molecule has 0 bridgehead atoms. The average molecular weight is 515 g/mol. The molecule has 0 atom stereocenters. The number of carbonyl (C=O) groups is 1. The number of sulfone groups is 1. The number of pyridine rings is 1. The second-order valence-electron chi connectivity index (χ2n) is 7.65. The van der Waals surface area contributed by atoms with Crippen LogP contribution in [0.25, 0.3) is 10.1 Å². The molecule has 0 aliphatic heterocycles. The van der Waals surface area contributed by atoms with Crippen LogP contribution in [-0.2, 0) is 16.4 Å². The summed E-state index contributed by atoms with van der Waals surface area (Å²) in [5.41, 5.74) is 0.778. The molecule has 0 saturated heterocycles. The van der Waals surface area contributed by atoms with Gasteiger partial charge in [0, 0.05) is 24.0 Å². The number of amides is 1. The smallest absolute Gasteiger partial charge is 0.261 e. The van der Waals surface area contributed by atoms with Crippen molar-refractivity contribution >= 4 is 48.8 Å². The van der Waals surface area contributed by atoms with Gasteiger partial charge in [-0.3, -0.25) is 9.78 Å². The summed E-state index contributed by atoms with van der Waals surface area (Å²) in [4.78, 5) is 17.4. The van der Waals surface area contributed by atoms with E-state index in [4.69, 9.17) is 16.3 Å². The minimum Gasteiger partial charge on any atom is -0.492 e. The molecule has 2 aromatic carbocycles. The van der Waals surface area contributed by atoms with Gasteiger partial charge in [-0.15, -0.1) is 11.3 Å². The minimum atomic E-state index is -3.84. The van der Waals surface area contributed by atoms with Gasteiger partial charge in [-0.05, 0) is 59.8 Å². The van der Waals surface area contributed by atoms with Crippen molar-refractivity contribution in [2.24, 2.45) is 0 Å². The minimum absolute atomic E-state index is 0.0383. The molecule has 4 rings (SSSR count). The molecule has 1 amide bonds. The lowest BCUT2D eigenvalue weighted by Gasteiger charge is -2.13. The van der Waals surface area contributed by atoms with E-state index in [1.807, 2.05) is 19.1 Å². The van der Waals surface area contributed by atoms with Gasteiger partial charge in [-0.25, -0.2) is 8.42 Å². The number of carbonyl (C=O) groups excluding carboxylic acids is 1. The Morgan fingerprint density at radius 1 is 1.12 bits per heavy atom. The molecule has 0 spiro atoms. The number of hydrogen-bond donors (Lipinski definition) is 1. The molecule has 4 aromatic rings. The van der Waals surface area contributed by atoms with Crippen molar-refractivity contribution in [3.05, 3.63) is 82.5 Å². The Kier molecular flexibility index (Phi) is 7.50. The van der Waals surface area contributed by atoms with Crippen LogP contribution in [0.4, 0.5) is 0 Å². The van der Waals surface area contributed by atoms with Gasteiger partial charge >= 0.3 is 0 Å². The number of fused-ring (bicyclic) bond motifs is 1. The SMILES string of the molecule is CCCCOc1ccc(Cl)cc1S(=O)(=O)c1ccc(CNC(=O)c2cc3ccncc3s2)cc1. The molecule has 2 aromatic heterocycles. The topological polar surface area (TPSA) is 85.4 Å². The fourth-order valence-electron chi connectivity index (χ4n) is 3.32. The highest BCUT2D eigenvalue weighted by Gasteiger charge is 2.23. The number of rotatable bonds is 9. The van der Waals surface area contributed by atoms with Crippen molar-refractivity contribution in [3.63, 3.8) is 0 Å². The van der Waals surface area contributed by atoms with Crippen molar-refractivity contribution in [1.82, 2.24) is 10.3 Å². The summed E-state index contributed by atoms with van der Waals surface area (Å²) in [6.45, 7) is 2.73. The fraction of sp³-hybridized carbons (Fsp3) is 0.200. The van der Waals surface area contributed by atoms with E-state index in [2.05, 4.69) is 10.3 Å². The summed E-state index contributed by atoms with van der Waals surface area (Å²) in [5, 5.41) is 4.16. The molecular weight excluding hydrogens is 492 g/mol. The summed E-state index contributed by atoms with van der Waals surface area (Å²) in [6.07, 6.45) is 5.18. The number of nitrogens with one attached hydrogen (secondary N) is 1. The molecule has 0 unspecified atom stereocenters. The van der Waals surface area contributed by atoms with E-state index in [1.165, 1.54) is 29.5 Å². The number of halogens is 1. The second kappa shape index (κ2) is 10.5. The van der Waals surface area contributed by atoms with Gasteiger partial charge in [-0.1, -0.05) is 37.1 Å². The molecule has 9 heteroatoms. The molecule has 1 N–H and O–H groups in total. The predicted molar refractivity (Wildman–Crippen MR) is 135 cm³/mol. The highest BCUT2D eigenvalue weighted by Crippen LogP contribution is 2.32. The molecule has 6 nitrogen and oxygen atoms in total. The van der Waals surface area contributed by atoms with Crippen LogP contribution in [0.2, 0.25) is 5.02 Å². The number of ether oxygens (including phenoxy) is 1. The van der Waals surface area contributed by atoms with E-state index >= 15 is 0 Å². The van der Waals surface area contributed by atoms with Crippen molar-refractivity contribution in [2.45, 2.75) is 36.1 Å². The summed E-state index contributed by atoms with van der Waals surface area (Å²) >= 11 is 7.46. The Balaban J connectivity index is 1.47. The van der Waals surface area contributed by atoms with E-state index in [1.54, 1.807) is 36.7 Å². The first-order valence-corrected chi connectivity index (χ1v) is 13.4. The van der Waals surface area contributed by atoms with Crippen LogP contribution < -0.4 is 10.1 Å². The monoisotopic (exact) mass is 514 g/mol. The van der Waals surface area contributed by atoms with E-state index in [0.717, 1.165) is 28.5 Å². The van der Waals surface area contributed by atoms with Crippen molar-refractivity contribution in [1.29, 1.82) is 0 Å². The summed E-state index contributed by atoms with van der Waals surface area (Å²) in [6, 6.07) is 14.7. The number of nitrogens with zero attached hydrogens (tertiary/aromatic N) is 1. The van der Waals surface area contributed by atoms with Crippen molar-refractivity contribution in [3.8, 4) is 5.75 Å². The molecule has 34 heavy (non-hydrogen) atoms. The Labute approximate surface area is 207 Å². The Bertz CT molecular complexity index is 1380. The first-order valence-electron chi connectivity index (χ1n) is 10.8. The lowest BCUT2D eigenvalue weighted by Crippen LogP contribution is -2.21. The molecule has 0 saturated carbocycles. The van der Waals surface area contributed by atoms with Gasteiger partial charge in [0.05, 0.1) is 21.1 Å². The third-order valence-electron chi connectivity index (χ3n) is 5.18. The third-order valence-corrected chi connectivity index (χ3v) is 8.29. The zero-order valence-corrected chi connectivity index (χ0v) is 20.8. The standard InChI is InChI=1S/C25H23ClN2O4S2/c1-2-3-12-32-21-9-6-19(26)14-24(21)34(30,31)20-7-4-17(5-8-20)15-28-25(29)22-13-18-10-11-27-16-23(18)33-22/h4-11,13-14,16H,2-3,12,15H2,1H3,(H,28,29). The second-order valence-corrected chi connectivity index (χ2v) is 11.1. The van der Waals surface area contributed by atoms with Crippen molar-refractivity contribution < 1.29 is 17.9 Å². The van der Waals surface area contributed by atoms with Crippen LogP contribution >= 0.6 is 22.9 Å². The van der Waals surface area contributed by atoms with E-state index < -0.39 is 9.84 Å². The van der Waals surface area contributed by atoms with E-state index in [-0.39, 0.29) is 28.0 Å². The van der Waals surface area contributed by atoms with E-state index in [0.29, 0.717) is 16.5 Å². The van der Waals surface area contributed by atoms with Crippen LogP contribution in [0, 0.1) is 0 Å². The Morgan fingerprint density at radius 3 is 2.65 bits per heavy atom. The van der Waals surface area contributed by atoms with Gasteiger partial charge in [-0.2, -0.15) is 0 Å². The molecule has 0 aliphatic rings. The van der Waals surface area contributed by atoms with Crippen molar-refractivity contribution in [2.75, 3.05) is 6.61 Å². The van der Waals surface area contributed by atoms with Gasteiger partial charge < -0.3 is 10.1 Å².